The molecule has 3 N–H and O–H groups in total. The van der Waals surface area contributed by atoms with Crippen molar-refractivity contribution < 1.29 is 14.4 Å². The molecule has 9 heteroatoms. The summed E-state index contributed by atoms with van der Waals surface area (Å²) in [4.78, 5) is 38.2. The Bertz CT molecular complexity index is 996. The number of halogens is 1. The first-order chi connectivity index (χ1) is 14.9. The van der Waals surface area contributed by atoms with E-state index < -0.39 is 11.8 Å². The van der Waals surface area contributed by atoms with E-state index in [1.54, 1.807) is 35.2 Å². The predicted molar refractivity (Wildman–Crippen MR) is 122 cm³/mol. The van der Waals surface area contributed by atoms with Crippen LogP contribution in [0.15, 0.2) is 60.7 Å². The number of amides is 3. The van der Waals surface area contributed by atoms with Crippen LogP contribution in [0.25, 0.3) is 6.08 Å². The van der Waals surface area contributed by atoms with Crippen LogP contribution in [0, 0.1) is 5.92 Å². The molecule has 2 aromatic carbocycles. The topological polar surface area (TPSA) is 90.5 Å². The molecule has 0 spiro atoms. The van der Waals surface area contributed by atoms with E-state index in [0.717, 1.165) is 11.1 Å². The maximum absolute atomic E-state index is 12.4. The Morgan fingerprint density at radius 2 is 1.81 bits per heavy atom. The molecule has 0 bridgehead atoms. The van der Waals surface area contributed by atoms with Crippen molar-refractivity contribution >= 4 is 52.7 Å². The summed E-state index contributed by atoms with van der Waals surface area (Å²) in [5.74, 6) is -1.39. The minimum Gasteiger partial charge on any atom is -0.338 e. The standard InChI is InChI=1S/C22H21ClN4O3S/c23-18-9-6-15(7-10-18)8-11-19(28)24-22(31)26-25-21(30)17-12-20(29)27(14-17)13-16-4-2-1-3-5-16/h1-11,17H,12-14H2,(H,25,30)(H2,24,26,28,31)/b11-8+. The third-order valence-corrected chi connectivity index (χ3v) is 5.09. The van der Waals surface area contributed by atoms with Gasteiger partial charge in [0.25, 0.3) is 0 Å². The Morgan fingerprint density at radius 3 is 2.52 bits per heavy atom. The number of thiocarbonyl (C=S) groups is 1. The first-order valence-electron chi connectivity index (χ1n) is 9.57. The molecule has 3 rings (SSSR count). The minimum absolute atomic E-state index is 0.0513. The highest BCUT2D eigenvalue weighted by Gasteiger charge is 2.34. The zero-order chi connectivity index (χ0) is 22.2. The van der Waals surface area contributed by atoms with E-state index in [9.17, 15) is 14.4 Å². The number of carbonyl (C=O) groups excluding carboxylic acids is 3. The molecular weight excluding hydrogens is 436 g/mol. The largest absolute Gasteiger partial charge is 0.338 e. The number of benzene rings is 2. The summed E-state index contributed by atoms with van der Waals surface area (Å²) in [6.07, 6.45) is 3.05. The van der Waals surface area contributed by atoms with Crippen LogP contribution in [-0.4, -0.2) is 34.3 Å². The van der Waals surface area contributed by atoms with Gasteiger partial charge >= 0.3 is 0 Å². The number of hydrogen-bond acceptors (Lipinski definition) is 4. The summed E-state index contributed by atoms with van der Waals surface area (Å²) in [6, 6.07) is 16.6. The van der Waals surface area contributed by atoms with E-state index in [4.69, 9.17) is 23.8 Å². The fraction of sp³-hybridized carbons (Fsp3) is 0.182. The second kappa shape index (κ2) is 10.7. The van der Waals surface area contributed by atoms with Crippen molar-refractivity contribution in [1.82, 2.24) is 21.1 Å². The monoisotopic (exact) mass is 456 g/mol. The number of carbonyl (C=O) groups is 3. The zero-order valence-corrected chi connectivity index (χ0v) is 18.1. The highest BCUT2D eigenvalue weighted by molar-refractivity contribution is 7.80. The normalized spacial score (nSPS) is 15.7. The molecule has 3 amide bonds. The maximum atomic E-state index is 12.4. The molecule has 160 valence electrons. The Morgan fingerprint density at radius 1 is 1.10 bits per heavy atom. The SMILES string of the molecule is O=C(/C=C/c1ccc(Cl)cc1)NC(=S)NNC(=O)C1CC(=O)N(Cc2ccccc2)C1. The lowest BCUT2D eigenvalue weighted by molar-refractivity contribution is -0.129. The van der Waals surface area contributed by atoms with Gasteiger partial charge in [0.05, 0.1) is 5.92 Å². The molecule has 31 heavy (non-hydrogen) atoms. The van der Waals surface area contributed by atoms with E-state index in [2.05, 4.69) is 16.2 Å². The summed E-state index contributed by atoms with van der Waals surface area (Å²) >= 11 is 10.8. The summed E-state index contributed by atoms with van der Waals surface area (Å²) in [5.41, 5.74) is 6.75. The van der Waals surface area contributed by atoms with Gasteiger partial charge in [-0.25, -0.2) is 0 Å². The molecular formula is C22H21ClN4O3S. The number of hydrogen-bond donors (Lipinski definition) is 3. The smallest absolute Gasteiger partial charge is 0.250 e. The fourth-order valence-corrected chi connectivity index (χ4v) is 3.33. The average Bonchev–Trinajstić information content (AvgIpc) is 3.12. The Hall–Kier alpha value is -3.23. The average molecular weight is 457 g/mol. The molecule has 1 fully saturated rings. The lowest BCUT2D eigenvalue weighted by Crippen LogP contribution is -2.50. The number of nitrogens with zero attached hydrogens (tertiary/aromatic N) is 1. The van der Waals surface area contributed by atoms with E-state index in [-0.39, 0.29) is 23.3 Å². The van der Waals surface area contributed by atoms with Crippen molar-refractivity contribution in [2.75, 3.05) is 6.54 Å². The van der Waals surface area contributed by atoms with Gasteiger partial charge < -0.3 is 4.90 Å². The van der Waals surface area contributed by atoms with Crippen LogP contribution in [0.4, 0.5) is 0 Å². The van der Waals surface area contributed by atoms with Crippen molar-refractivity contribution in [2.24, 2.45) is 5.92 Å². The van der Waals surface area contributed by atoms with Crippen LogP contribution in [0.1, 0.15) is 17.5 Å². The van der Waals surface area contributed by atoms with Gasteiger partial charge in [-0.05, 0) is 41.6 Å². The molecule has 0 aliphatic carbocycles. The van der Waals surface area contributed by atoms with Gasteiger partial charge in [0.1, 0.15) is 0 Å². The summed E-state index contributed by atoms with van der Waals surface area (Å²) in [5, 5.41) is 2.99. The number of rotatable bonds is 5. The Kier molecular flexibility index (Phi) is 7.75. The van der Waals surface area contributed by atoms with Gasteiger partial charge in [0.15, 0.2) is 5.11 Å². The summed E-state index contributed by atoms with van der Waals surface area (Å²) in [7, 11) is 0. The van der Waals surface area contributed by atoms with Gasteiger partial charge in [-0.3, -0.25) is 30.6 Å². The van der Waals surface area contributed by atoms with Gasteiger partial charge in [-0.15, -0.1) is 0 Å². The van der Waals surface area contributed by atoms with Gasteiger partial charge in [-0.2, -0.15) is 0 Å². The van der Waals surface area contributed by atoms with Crippen molar-refractivity contribution in [3.05, 3.63) is 76.8 Å². The molecule has 2 aromatic rings. The summed E-state index contributed by atoms with van der Waals surface area (Å²) in [6.45, 7) is 0.787. The van der Waals surface area contributed by atoms with Crippen LogP contribution < -0.4 is 16.2 Å². The highest BCUT2D eigenvalue weighted by Crippen LogP contribution is 2.20. The quantitative estimate of drug-likeness (QED) is 0.365. The third kappa shape index (κ3) is 6.91. The second-order valence-corrected chi connectivity index (χ2v) is 7.82. The zero-order valence-electron chi connectivity index (χ0n) is 16.5. The molecule has 0 aromatic heterocycles. The number of hydrazine groups is 1. The van der Waals surface area contributed by atoms with Crippen LogP contribution in [0.3, 0.4) is 0 Å². The van der Waals surface area contributed by atoms with Crippen molar-refractivity contribution in [3.63, 3.8) is 0 Å². The van der Waals surface area contributed by atoms with E-state index in [1.807, 2.05) is 30.3 Å². The molecule has 1 aliphatic heterocycles. The van der Waals surface area contributed by atoms with Crippen LogP contribution in [-0.2, 0) is 20.9 Å². The minimum atomic E-state index is -0.494. The predicted octanol–water partition coefficient (Wildman–Crippen LogP) is 2.42. The molecule has 7 nitrogen and oxygen atoms in total. The molecule has 0 radical (unpaired) electrons. The van der Waals surface area contributed by atoms with Crippen LogP contribution >= 0.6 is 23.8 Å². The first-order valence-corrected chi connectivity index (χ1v) is 10.4. The highest BCUT2D eigenvalue weighted by atomic mass is 35.5. The van der Waals surface area contributed by atoms with E-state index in [0.29, 0.717) is 18.1 Å². The third-order valence-electron chi connectivity index (χ3n) is 4.63. The molecule has 0 saturated carbocycles. The molecule has 1 aliphatic rings. The van der Waals surface area contributed by atoms with Crippen molar-refractivity contribution in [1.29, 1.82) is 0 Å². The molecule has 1 heterocycles. The molecule has 1 unspecified atom stereocenters. The number of nitrogens with one attached hydrogen (secondary N) is 3. The summed E-state index contributed by atoms with van der Waals surface area (Å²) < 4.78 is 0. The van der Waals surface area contributed by atoms with Crippen molar-refractivity contribution in [3.8, 4) is 0 Å². The number of likely N-dealkylation sites (tertiary alicyclic amines) is 1. The van der Waals surface area contributed by atoms with Gasteiger partial charge in [0.2, 0.25) is 17.7 Å². The maximum Gasteiger partial charge on any atom is 0.250 e. The lowest BCUT2D eigenvalue weighted by atomic mass is 10.1. The van der Waals surface area contributed by atoms with E-state index in [1.165, 1.54) is 6.08 Å². The van der Waals surface area contributed by atoms with Gasteiger partial charge in [0, 0.05) is 30.6 Å². The van der Waals surface area contributed by atoms with Gasteiger partial charge in [-0.1, -0.05) is 54.1 Å². The van der Waals surface area contributed by atoms with Crippen molar-refractivity contribution in [2.45, 2.75) is 13.0 Å². The Balaban J connectivity index is 1.41. The lowest BCUT2D eigenvalue weighted by Gasteiger charge is -2.17. The fourth-order valence-electron chi connectivity index (χ4n) is 3.06. The van der Waals surface area contributed by atoms with Crippen LogP contribution in [0.5, 0.6) is 0 Å². The second-order valence-electron chi connectivity index (χ2n) is 6.98. The molecule has 1 saturated heterocycles. The first kappa shape index (κ1) is 22.5. The molecule has 1 atom stereocenters. The Labute approximate surface area is 190 Å². The van der Waals surface area contributed by atoms with Crippen LogP contribution in [0.2, 0.25) is 5.02 Å². The van der Waals surface area contributed by atoms with E-state index >= 15 is 0 Å².